The highest BCUT2D eigenvalue weighted by Crippen LogP contribution is 2.21. The second-order valence-corrected chi connectivity index (χ2v) is 5.54. The van der Waals surface area contributed by atoms with Crippen LogP contribution in [0.5, 0.6) is 0 Å². The zero-order chi connectivity index (χ0) is 12.3. The third-order valence-electron chi connectivity index (χ3n) is 3.67. The van der Waals surface area contributed by atoms with Gasteiger partial charge in [-0.3, -0.25) is 4.90 Å². The summed E-state index contributed by atoms with van der Waals surface area (Å²) in [5, 5.41) is 0.827. The topological polar surface area (TPSA) is 29.3 Å². The summed E-state index contributed by atoms with van der Waals surface area (Å²) in [7, 11) is 0. The quantitative estimate of drug-likeness (QED) is 0.925. The Labute approximate surface area is 121 Å². The molecule has 0 aromatic heterocycles. The first-order valence-electron chi connectivity index (χ1n) is 6.37. The van der Waals surface area contributed by atoms with E-state index < -0.39 is 0 Å². The molecule has 0 spiro atoms. The summed E-state index contributed by atoms with van der Waals surface area (Å²) in [6.45, 7) is 5.43. The van der Waals surface area contributed by atoms with Gasteiger partial charge in [-0.1, -0.05) is 23.7 Å². The van der Waals surface area contributed by atoms with Crippen molar-refractivity contribution in [1.29, 1.82) is 0 Å². The summed E-state index contributed by atoms with van der Waals surface area (Å²) in [5.74, 6) is 0.700. The molecule has 1 aliphatic rings. The number of rotatable bonds is 3. The lowest BCUT2D eigenvalue weighted by Gasteiger charge is -2.33. The van der Waals surface area contributed by atoms with Gasteiger partial charge in [0.2, 0.25) is 0 Å². The third kappa shape index (κ3) is 4.43. The number of nitrogens with zero attached hydrogens (tertiary/aromatic N) is 1. The van der Waals surface area contributed by atoms with Crippen LogP contribution < -0.4 is 5.73 Å². The molecule has 102 valence electrons. The molecule has 1 fully saturated rings. The molecule has 4 heteroatoms. The van der Waals surface area contributed by atoms with E-state index in [1.54, 1.807) is 0 Å². The Morgan fingerprint density at radius 1 is 1.39 bits per heavy atom. The maximum absolute atomic E-state index is 5.99. The molecule has 18 heavy (non-hydrogen) atoms. The van der Waals surface area contributed by atoms with Gasteiger partial charge in [0.1, 0.15) is 0 Å². The molecule has 1 aliphatic heterocycles. The molecule has 1 heterocycles. The van der Waals surface area contributed by atoms with Crippen LogP contribution in [-0.4, -0.2) is 24.0 Å². The number of likely N-dealkylation sites (tertiary alicyclic amines) is 1. The standard InChI is InChI=1S/C14H21ClN2.ClH/c1-11(16)13-5-7-17(8-6-13)10-12-3-2-4-14(15)9-12;/h2-4,9,11,13H,5-8,10,16H2,1H3;1H. The SMILES string of the molecule is CC(N)C1CCN(Cc2cccc(Cl)c2)CC1.Cl. The van der Waals surface area contributed by atoms with Crippen molar-refractivity contribution in [2.45, 2.75) is 32.4 Å². The largest absolute Gasteiger partial charge is 0.328 e. The van der Waals surface area contributed by atoms with Crippen LogP contribution in [0.2, 0.25) is 5.02 Å². The third-order valence-corrected chi connectivity index (χ3v) is 3.91. The lowest BCUT2D eigenvalue weighted by molar-refractivity contribution is 0.166. The van der Waals surface area contributed by atoms with E-state index in [-0.39, 0.29) is 12.4 Å². The highest BCUT2D eigenvalue weighted by atomic mass is 35.5. The second-order valence-electron chi connectivity index (χ2n) is 5.10. The van der Waals surface area contributed by atoms with Gasteiger partial charge in [-0.15, -0.1) is 12.4 Å². The van der Waals surface area contributed by atoms with Crippen LogP contribution in [0.4, 0.5) is 0 Å². The van der Waals surface area contributed by atoms with Gasteiger partial charge in [-0.2, -0.15) is 0 Å². The van der Waals surface area contributed by atoms with Gasteiger partial charge in [-0.25, -0.2) is 0 Å². The maximum Gasteiger partial charge on any atom is 0.0409 e. The Morgan fingerprint density at radius 3 is 2.61 bits per heavy atom. The fourth-order valence-corrected chi connectivity index (χ4v) is 2.74. The summed E-state index contributed by atoms with van der Waals surface area (Å²) in [5.41, 5.74) is 7.25. The number of hydrogen-bond acceptors (Lipinski definition) is 2. The lowest BCUT2D eigenvalue weighted by atomic mass is 9.91. The van der Waals surface area contributed by atoms with Crippen LogP contribution >= 0.6 is 24.0 Å². The second kappa shape index (κ2) is 7.34. The van der Waals surface area contributed by atoms with Crippen molar-refractivity contribution in [2.24, 2.45) is 11.7 Å². The van der Waals surface area contributed by atoms with Crippen molar-refractivity contribution in [1.82, 2.24) is 4.90 Å². The average molecular weight is 289 g/mol. The summed E-state index contributed by atoms with van der Waals surface area (Å²) in [4.78, 5) is 2.49. The lowest BCUT2D eigenvalue weighted by Crippen LogP contribution is -2.39. The van der Waals surface area contributed by atoms with E-state index in [1.165, 1.54) is 18.4 Å². The molecule has 1 saturated heterocycles. The summed E-state index contributed by atoms with van der Waals surface area (Å²) in [6.07, 6.45) is 2.44. The molecular weight excluding hydrogens is 267 g/mol. The monoisotopic (exact) mass is 288 g/mol. The number of benzene rings is 1. The van der Waals surface area contributed by atoms with Crippen LogP contribution in [0.1, 0.15) is 25.3 Å². The minimum atomic E-state index is 0. The molecule has 2 nitrogen and oxygen atoms in total. The van der Waals surface area contributed by atoms with Gasteiger partial charge < -0.3 is 5.73 Å². The van der Waals surface area contributed by atoms with Crippen molar-refractivity contribution in [3.63, 3.8) is 0 Å². The molecule has 0 saturated carbocycles. The van der Waals surface area contributed by atoms with E-state index >= 15 is 0 Å². The minimum absolute atomic E-state index is 0. The predicted molar refractivity (Wildman–Crippen MR) is 80.4 cm³/mol. The summed E-state index contributed by atoms with van der Waals surface area (Å²) in [6, 6.07) is 8.48. The molecule has 2 rings (SSSR count). The zero-order valence-electron chi connectivity index (χ0n) is 10.8. The van der Waals surface area contributed by atoms with Crippen molar-refractivity contribution in [3.8, 4) is 0 Å². The van der Waals surface area contributed by atoms with Gasteiger partial charge in [0.15, 0.2) is 0 Å². The Hall–Kier alpha value is -0.280. The molecule has 1 atom stereocenters. The van der Waals surface area contributed by atoms with Crippen LogP contribution in [0.3, 0.4) is 0 Å². The predicted octanol–water partition coefficient (Wildman–Crippen LogP) is 3.32. The fraction of sp³-hybridized carbons (Fsp3) is 0.571. The smallest absolute Gasteiger partial charge is 0.0409 e. The summed E-state index contributed by atoms with van der Waals surface area (Å²) >= 11 is 5.99. The zero-order valence-corrected chi connectivity index (χ0v) is 12.4. The Kier molecular flexibility index (Phi) is 6.44. The van der Waals surface area contributed by atoms with Crippen molar-refractivity contribution in [3.05, 3.63) is 34.9 Å². The molecule has 0 aliphatic carbocycles. The van der Waals surface area contributed by atoms with E-state index in [4.69, 9.17) is 17.3 Å². The molecular formula is C14H22Cl2N2. The van der Waals surface area contributed by atoms with Gasteiger partial charge >= 0.3 is 0 Å². The van der Waals surface area contributed by atoms with E-state index in [2.05, 4.69) is 24.0 Å². The van der Waals surface area contributed by atoms with Crippen LogP contribution in [-0.2, 0) is 6.54 Å². The average Bonchev–Trinajstić information content (AvgIpc) is 2.29. The van der Waals surface area contributed by atoms with E-state index in [9.17, 15) is 0 Å². The van der Waals surface area contributed by atoms with Gasteiger partial charge in [0.25, 0.3) is 0 Å². The van der Waals surface area contributed by atoms with E-state index in [0.29, 0.717) is 12.0 Å². The van der Waals surface area contributed by atoms with Crippen LogP contribution in [0.25, 0.3) is 0 Å². The van der Waals surface area contributed by atoms with Gasteiger partial charge in [0.05, 0.1) is 0 Å². The maximum atomic E-state index is 5.99. The number of piperidine rings is 1. The minimum Gasteiger partial charge on any atom is -0.328 e. The molecule has 1 aromatic rings. The van der Waals surface area contributed by atoms with Crippen LogP contribution in [0, 0.1) is 5.92 Å². The fourth-order valence-electron chi connectivity index (χ4n) is 2.53. The summed E-state index contributed by atoms with van der Waals surface area (Å²) < 4.78 is 0. The molecule has 2 N–H and O–H groups in total. The highest BCUT2D eigenvalue weighted by Gasteiger charge is 2.21. The first kappa shape index (κ1) is 15.8. The number of halogens is 2. The van der Waals surface area contributed by atoms with Crippen molar-refractivity contribution < 1.29 is 0 Å². The number of nitrogens with two attached hydrogens (primary N) is 1. The number of hydrogen-bond donors (Lipinski definition) is 1. The highest BCUT2D eigenvalue weighted by molar-refractivity contribution is 6.30. The molecule has 1 aromatic carbocycles. The van der Waals surface area contributed by atoms with Crippen molar-refractivity contribution in [2.75, 3.05) is 13.1 Å². The molecule has 0 amide bonds. The van der Waals surface area contributed by atoms with Crippen molar-refractivity contribution >= 4 is 24.0 Å². The first-order chi connectivity index (χ1) is 8.15. The van der Waals surface area contributed by atoms with E-state index in [1.807, 2.05) is 12.1 Å². The molecule has 1 unspecified atom stereocenters. The van der Waals surface area contributed by atoms with E-state index in [0.717, 1.165) is 24.7 Å². The van der Waals surface area contributed by atoms with Gasteiger partial charge in [-0.05, 0) is 56.5 Å². The van der Waals surface area contributed by atoms with Crippen LogP contribution in [0.15, 0.2) is 24.3 Å². The Bertz CT molecular complexity index is 361. The first-order valence-corrected chi connectivity index (χ1v) is 6.75. The molecule has 0 radical (unpaired) electrons. The Morgan fingerprint density at radius 2 is 2.06 bits per heavy atom. The molecule has 0 bridgehead atoms. The Balaban J connectivity index is 0.00000162. The van der Waals surface area contributed by atoms with Gasteiger partial charge in [0, 0.05) is 17.6 Å². The normalized spacial score (nSPS) is 19.3.